The van der Waals surface area contributed by atoms with Crippen molar-refractivity contribution in [2.75, 3.05) is 20.1 Å². The zero-order chi connectivity index (χ0) is 16.5. The molecule has 0 saturated carbocycles. The van der Waals surface area contributed by atoms with E-state index in [0.717, 1.165) is 12.1 Å². The first kappa shape index (κ1) is 18.1. The van der Waals surface area contributed by atoms with Gasteiger partial charge >= 0.3 is 0 Å². The zero-order valence-electron chi connectivity index (χ0n) is 13.6. The molecule has 1 aromatic rings. The summed E-state index contributed by atoms with van der Waals surface area (Å²) < 4.78 is 0. The minimum absolute atomic E-state index is 0.0515. The number of rotatable bonds is 8. The van der Waals surface area contributed by atoms with Crippen LogP contribution >= 0.6 is 0 Å². The molecule has 6 nitrogen and oxygen atoms in total. The molecule has 0 atom stereocenters. The van der Waals surface area contributed by atoms with Gasteiger partial charge < -0.3 is 16.4 Å². The van der Waals surface area contributed by atoms with E-state index < -0.39 is 0 Å². The highest BCUT2D eigenvalue weighted by atomic mass is 16.2. The average Bonchev–Trinajstić information content (AvgIpc) is 2.51. The lowest BCUT2D eigenvalue weighted by molar-refractivity contribution is -0.125. The van der Waals surface area contributed by atoms with E-state index in [1.165, 1.54) is 5.56 Å². The molecule has 0 saturated heterocycles. The van der Waals surface area contributed by atoms with E-state index in [0.29, 0.717) is 12.6 Å². The normalized spacial score (nSPS) is 10.8. The molecule has 0 spiro atoms. The molecule has 1 aromatic carbocycles. The lowest BCUT2D eigenvalue weighted by atomic mass is 10.1. The van der Waals surface area contributed by atoms with Crippen LogP contribution in [0.3, 0.4) is 0 Å². The molecule has 4 N–H and O–H groups in total. The molecule has 0 radical (unpaired) electrons. The van der Waals surface area contributed by atoms with Gasteiger partial charge in [0.1, 0.15) is 0 Å². The number of amides is 2. The number of nitrogens with two attached hydrogens (primary N) is 1. The van der Waals surface area contributed by atoms with Crippen LogP contribution in [0.15, 0.2) is 24.3 Å². The van der Waals surface area contributed by atoms with Crippen molar-refractivity contribution in [1.82, 2.24) is 15.5 Å². The standard InChI is InChI=1S/C16H26N4O2/c1-12(2)20(3)11-14-7-5-4-6-13(14)9-18-16(22)10-19-15(21)8-17/h4-7,12H,8-11,17H2,1-3H3,(H,18,22)(H,19,21). The number of carbonyl (C=O) groups is 2. The Balaban J connectivity index is 2.55. The Morgan fingerprint density at radius 1 is 1.14 bits per heavy atom. The van der Waals surface area contributed by atoms with Crippen molar-refractivity contribution in [1.29, 1.82) is 0 Å². The highest BCUT2D eigenvalue weighted by Gasteiger charge is 2.09. The fraction of sp³-hybridized carbons (Fsp3) is 0.500. The van der Waals surface area contributed by atoms with Crippen molar-refractivity contribution in [3.05, 3.63) is 35.4 Å². The lowest BCUT2D eigenvalue weighted by Crippen LogP contribution is -2.39. The maximum Gasteiger partial charge on any atom is 0.239 e. The van der Waals surface area contributed by atoms with E-state index in [9.17, 15) is 9.59 Å². The SMILES string of the molecule is CC(C)N(C)Cc1ccccc1CNC(=O)CNC(=O)CN. The summed E-state index contributed by atoms with van der Waals surface area (Å²) >= 11 is 0. The molecule has 122 valence electrons. The summed E-state index contributed by atoms with van der Waals surface area (Å²) in [7, 11) is 2.07. The molecule has 22 heavy (non-hydrogen) atoms. The first-order chi connectivity index (χ1) is 10.4. The van der Waals surface area contributed by atoms with Gasteiger partial charge in [-0.25, -0.2) is 0 Å². The zero-order valence-corrected chi connectivity index (χ0v) is 13.6. The number of benzene rings is 1. The third-order valence-corrected chi connectivity index (χ3v) is 3.53. The molecule has 0 heterocycles. The van der Waals surface area contributed by atoms with Crippen molar-refractivity contribution in [3.8, 4) is 0 Å². The van der Waals surface area contributed by atoms with Gasteiger partial charge in [0.2, 0.25) is 11.8 Å². The van der Waals surface area contributed by atoms with Crippen LogP contribution < -0.4 is 16.4 Å². The van der Waals surface area contributed by atoms with Crippen LogP contribution in [0.1, 0.15) is 25.0 Å². The quantitative estimate of drug-likeness (QED) is 0.641. The maximum absolute atomic E-state index is 11.7. The Morgan fingerprint density at radius 3 is 2.36 bits per heavy atom. The van der Waals surface area contributed by atoms with Crippen molar-refractivity contribution in [3.63, 3.8) is 0 Å². The Labute approximate surface area is 132 Å². The fourth-order valence-electron chi connectivity index (χ4n) is 1.84. The Morgan fingerprint density at radius 2 is 1.77 bits per heavy atom. The summed E-state index contributed by atoms with van der Waals surface area (Å²) in [6.45, 7) is 5.39. The lowest BCUT2D eigenvalue weighted by Gasteiger charge is -2.22. The molecule has 0 fully saturated rings. The largest absolute Gasteiger partial charge is 0.350 e. The fourth-order valence-corrected chi connectivity index (χ4v) is 1.84. The van der Waals surface area contributed by atoms with Gasteiger partial charge in [-0.15, -0.1) is 0 Å². The van der Waals surface area contributed by atoms with Gasteiger partial charge in [0, 0.05) is 19.1 Å². The topological polar surface area (TPSA) is 87.5 Å². The van der Waals surface area contributed by atoms with Crippen LogP contribution in [0.25, 0.3) is 0 Å². The Hall–Kier alpha value is -1.92. The van der Waals surface area contributed by atoms with Crippen LogP contribution in [0.4, 0.5) is 0 Å². The van der Waals surface area contributed by atoms with E-state index in [2.05, 4.69) is 42.5 Å². The number of hydrogen-bond donors (Lipinski definition) is 3. The molecule has 0 unspecified atom stereocenters. The smallest absolute Gasteiger partial charge is 0.239 e. The first-order valence-corrected chi connectivity index (χ1v) is 7.44. The molecule has 6 heteroatoms. The van der Waals surface area contributed by atoms with Gasteiger partial charge in [-0.05, 0) is 32.0 Å². The van der Waals surface area contributed by atoms with E-state index >= 15 is 0 Å². The third-order valence-electron chi connectivity index (χ3n) is 3.53. The minimum Gasteiger partial charge on any atom is -0.350 e. The van der Waals surface area contributed by atoms with Gasteiger partial charge in [-0.3, -0.25) is 14.5 Å². The molecule has 0 aliphatic rings. The predicted octanol–water partition coefficient (Wildman–Crippen LogP) is 0.218. The van der Waals surface area contributed by atoms with Crippen LogP contribution in [-0.4, -0.2) is 42.9 Å². The summed E-state index contributed by atoms with van der Waals surface area (Å²) in [6.07, 6.45) is 0. The number of nitrogens with zero attached hydrogens (tertiary/aromatic N) is 1. The van der Waals surface area contributed by atoms with Gasteiger partial charge in [0.05, 0.1) is 13.1 Å². The summed E-state index contributed by atoms with van der Waals surface area (Å²) in [4.78, 5) is 24.9. The van der Waals surface area contributed by atoms with Gasteiger partial charge in [-0.1, -0.05) is 24.3 Å². The second-order valence-electron chi connectivity index (χ2n) is 5.54. The van der Waals surface area contributed by atoms with Crippen LogP contribution in [0.5, 0.6) is 0 Å². The second kappa shape index (κ2) is 9.17. The monoisotopic (exact) mass is 306 g/mol. The van der Waals surface area contributed by atoms with E-state index in [-0.39, 0.29) is 24.9 Å². The molecule has 0 aromatic heterocycles. The molecular formula is C16H26N4O2. The van der Waals surface area contributed by atoms with Gasteiger partial charge in [0.15, 0.2) is 0 Å². The van der Waals surface area contributed by atoms with E-state index in [1.54, 1.807) is 0 Å². The average molecular weight is 306 g/mol. The molecule has 1 rings (SSSR count). The highest BCUT2D eigenvalue weighted by molar-refractivity contribution is 5.85. The van der Waals surface area contributed by atoms with E-state index in [4.69, 9.17) is 5.73 Å². The molecule has 0 aliphatic heterocycles. The van der Waals surface area contributed by atoms with Crippen LogP contribution in [0.2, 0.25) is 0 Å². The minimum atomic E-state index is -0.339. The van der Waals surface area contributed by atoms with Gasteiger partial charge in [-0.2, -0.15) is 0 Å². The second-order valence-corrected chi connectivity index (χ2v) is 5.54. The summed E-state index contributed by atoms with van der Waals surface area (Å²) in [5, 5.41) is 5.25. The predicted molar refractivity (Wildman–Crippen MR) is 87.0 cm³/mol. The van der Waals surface area contributed by atoms with Crippen molar-refractivity contribution < 1.29 is 9.59 Å². The van der Waals surface area contributed by atoms with Crippen LogP contribution in [-0.2, 0) is 22.7 Å². The van der Waals surface area contributed by atoms with Crippen molar-refractivity contribution in [2.24, 2.45) is 5.73 Å². The Bertz CT molecular complexity index is 503. The molecule has 0 bridgehead atoms. The number of nitrogens with one attached hydrogen (secondary N) is 2. The molecular weight excluding hydrogens is 280 g/mol. The Kier molecular flexibility index (Phi) is 7.56. The summed E-state index contributed by atoms with van der Waals surface area (Å²) in [5.74, 6) is -0.567. The molecule has 2 amide bonds. The van der Waals surface area contributed by atoms with Crippen molar-refractivity contribution >= 4 is 11.8 Å². The van der Waals surface area contributed by atoms with Crippen LogP contribution in [0, 0.1) is 0 Å². The number of hydrogen-bond acceptors (Lipinski definition) is 4. The summed E-state index contributed by atoms with van der Waals surface area (Å²) in [5.41, 5.74) is 7.43. The molecule has 0 aliphatic carbocycles. The summed E-state index contributed by atoms with van der Waals surface area (Å²) in [6, 6.07) is 8.47. The van der Waals surface area contributed by atoms with E-state index in [1.807, 2.05) is 18.2 Å². The maximum atomic E-state index is 11.7. The highest BCUT2D eigenvalue weighted by Crippen LogP contribution is 2.12. The number of carbonyl (C=O) groups excluding carboxylic acids is 2. The third kappa shape index (κ3) is 6.24. The van der Waals surface area contributed by atoms with Gasteiger partial charge in [0.25, 0.3) is 0 Å². The first-order valence-electron chi connectivity index (χ1n) is 7.44. The van der Waals surface area contributed by atoms with Crippen molar-refractivity contribution in [2.45, 2.75) is 33.0 Å².